The molecule has 1 aromatic heterocycles. The first-order valence-electron chi connectivity index (χ1n) is 6.38. The summed E-state index contributed by atoms with van der Waals surface area (Å²) in [6.45, 7) is 0.126. The number of hydrogen-bond acceptors (Lipinski definition) is 5. The molecule has 21 heavy (non-hydrogen) atoms. The van der Waals surface area contributed by atoms with Crippen LogP contribution in [0.25, 0.3) is 0 Å². The maximum absolute atomic E-state index is 11.6. The van der Waals surface area contributed by atoms with Crippen molar-refractivity contribution in [1.29, 1.82) is 0 Å². The predicted octanol–water partition coefficient (Wildman–Crippen LogP) is 1.65. The second kappa shape index (κ2) is 7.64. The lowest BCUT2D eigenvalue weighted by molar-refractivity contribution is -0.119. The van der Waals surface area contributed by atoms with Crippen molar-refractivity contribution in [3.63, 3.8) is 0 Å². The number of hydrogen-bond donors (Lipinski definition) is 2. The Morgan fingerprint density at radius 3 is 2.90 bits per heavy atom. The van der Waals surface area contributed by atoms with E-state index in [1.54, 1.807) is 37.9 Å². The fraction of sp³-hybridized carbons (Fsp3) is 0.133. The average molecular weight is 284 g/mol. The molecule has 0 atom stereocenters. The molecular formula is C15H16N4O2. The minimum absolute atomic E-state index is 0.126. The molecule has 1 amide bonds. The van der Waals surface area contributed by atoms with Crippen LogP contribution in [0.5, 0.6) is 5.75 Å². The number of rotatable bonds is 6. The quantitative estimate of drug-likeness (QED) is 0.625. The first-order valence-corrected chi connectivity index (χ1v) is 6.38. The first kappa shape index (κ1) is 14.5. The van der Waals surface area contributed by atoms with Gasteiger partial charge in [0.15, 0.2) is 0 Å². The number of ether oxygens (including phenoxy) is 1. The Bertz CT molecular complexity index is 614. The van der Waals surface area contributed by atoms with Crippen LogP contribution in [0.4, 0.5) is 5.69 Å². The van der Waals surface area contributed by atoms with Crippen molar-refractivity contribution in [3.05, 3.63) is 54.4 Å². The third-order valence-electron chi connectivity index (χ3n) is 2.63. The van der Waals surface area contributed by atoms with E-state index < -0.39 is 0 Å². The monoisotopic (exact) mass is 284 g/mol. The van der Waals surface area contributed by atoms with Gasteiger partial charge >= 0.3 is 0 Å². The van der Waals surface area contributed by atoms with Crippen LogP contribution in [-0.4, -0.2) is 30.8 Å². The summed E-state index contributed by atoms with van der Waals surface area (Å²) in [5, 5.41) is 6.86. The second-order valence-corrected chi connectivity index (χ2v) is 4.16. The molecule has 0 unspecified atom stereocenters. The number of anilines is 1. The standard InChI is InChI=1S/C15H16N4O2/c1-21-14-4-2-3-13(9-14)17-11-15(20)19-18-10-12-5-7-16-8-6-12/h2-10,17H,11H2,1H3,(H,19,20). The molecular weight excluding hydrogens is 268 g/mol. The Hall–Kier alpha value is -2.89. The van der Waals surface area contributed by atoms with Gasteiger partial charge in [0.1, 0.15) is 5.75 Å². The van der Waals surface area contributed by atoms with E-state index in [2.05, 4.69) is 20.8 Å². The van der Waals surface area contributed by atoms with Gasteiger partial charge in [-0.3, -0.25) is 9.78 Å². The maximum atomic E-state index is 11.6. The van der Waals surface area contributed by atoms with Gasteiger partial charge in [0.2, 0.25) is 0 Å². The number of pyridine rings is 1. The number of hydrazone groups is 1. The lowest BCUT2D eigenvalue weighted by Gasteiger charge is -2.06. The van der Waals surface area contributed by atoms with Gasteiger partial charge in [-0.1, -0.05) is 6.07 Å². The zero-order chi connectivity index (χ0) is 14.9. The highest BCUT2D eigenvalue weighted by molar-refractivity contribution is 5.84. The van der Waals surface area contributed by atoms with Gasteiger partial charge in [0.25, 0.3) is 5.91 Å². The predicted molar refractivity (Wildman–Crippen MR) is 81.5 cm³/mol. The third-order valence-corrected chi connectivity index (χ3v) is 2.63. The Labute approximate surface area is 122 Å². The zero-order valence-corrected chi connectivity index (χ0v) is 11.6. The van der Waals surface area contributed by atoms with E-state index in [4.69, 9.17) is 4.74 Å². The summed E-state index contributed by atoms with van der Waals surface area (Å²) in [6.07, 6.45) is 4.88. The number of aromatic nitrogens is 1. The Kier molecular flexibility index (Phi) is 5.28. The number of methoxy groups -OCH3 is 1. The van der Waals surface area contributed by atoms with Gasteiger partial charge < -0.3 is 10.1 Å². The van der Waals surface area contributed by atoms with Crippen molar-refractivity contribution in [2.75, 3.05) is 19.0 Å². The van der Waals surface area contributed by atoms with Crippen LogP contribution in [0.15, 0.2) is 53.9 Å². The zero-order valence-electron chi connectivity index (χ0n) is 11.6. The Balaban J connectivity index is 1.78. The minimum atomic E-state index is -0.233. The molecule has 0 radical (unpaired) electrons. The number of benzene rings is 1. The van der Waals surface area contributed by atoms with E-state index in [1.165, 1.54) is 0 Å². The minimum Gasteiger partial charge on any atom is -0.497 e. The maximum Gasteiger partial charge on any atom is 0.259 e. The molecule has 0 saturated carbocycles. The molecule has 0 aliphatic heterocycles. The third kappa shape index (κ3) is 4.94. The normalized spacial score (nSPS) is 10.3. The van der Waals surface area contributed by atoms with Crippen LogP contribution >= 0.6 is 0 Å². The van der Waals surface area contributed by atoms with Crippen LogP contribution in [0.2, 0.25) is 0 Å². The summed E-state index contributed by atoms with van der Waals surface area (Å²) in [5.41, 5.74) is 4.12. The molecule has 1 aromatic carbocycles. The highest BCUT2D eigenvalue weighted by Crippen LogP contribution is 2.16. The number of amides is 1. The molecule has 2 N–H and O–H groups in total. The lowest BCUT2D eigenvalue weighted by atomic mass is 10.3. The van der Waals surface area contributed by atoms with Gasteiger partial charge in [-0.25, -0.2) is 5.43 Å². The number of nitrogens with zero attached hydrogens (tertiary/aromatic N) is 2. The first-order chi connectivity index (χ1) is 10.3. The van der Waals surface area contributed by atoms with E-state index in [0.717, 1.165) is 17.0 Å². The average Bonchev–Trinajstić information content (AvgIpc) is 2.54. The van der Waals surface area contributed by atoms with Crippen LogP contribution in [0.3, 0.4) is 0 Å². The number of nitrogens with one attached hydrogen (secondary N) is 2. The summed E-state index contributed by atoms with van der Waals surface area (Å²) >= 11 is 0. The van der Waals surface area contributed by atoms with E-state index >= 15 is 0 Å². The van der Waals surface area contributed by atoms with E-state index in [9.17, 15) is 4.79 Å². The van der Waals surface area contributed by atoms with Gasteiger partial charge in [-0.15, -0.1) is 0 Å². The number of carbonyl (C=O) groups is 1. The SMILES string of the molecule is COc1cccc(NCC(=O)NN=Cc2ccncc2)c1. The molecule has 2 rings (SSSR count). The molecule has 0 bridgehead atoms. The molecule has 6 heteroatoms. The van der Waals surface area contributed by atoms with Crippen molar-refractivity contribution < 1.29 is 9.53 Å². The summed E-state index contributed by atoms with van der Waals surface area (Å²) in [4.78, 5) is 15.5. The fourth-order valence-corrected chi connectivity index (χ4v) is 1.58. The van der Waals surface area contributed by atoms with Crippen molar-refractivity contribution >= 4 is 17.8 Å². The molecule has 108 valence electrons. The Morgan fingerprint density at radius 2 is 2.14 bits per heavy atom. The molecule has 2 aromatic rings. The fourth-order valence-electron chi connectivity index (χ4n) is 1.58. The van der Waals surface area contributed by atoms with Crippen molar-refractivity contribution in [2.24, 2.45) is 5.10 Å². The molecule has 1 heterocycles. The van der Waals surface area contributed by atoms with E-state index in [0.29, 0.717) is 0 Å². The summed E-state index contributed by atoms with van der Waals surface area (Å²) in [7, 11) is 1.60. The molecule has 0 fully saturated rings. The summed E-state index contributed by atoms with van der Waals surface area (Å²) < 4.78 is 5.11. The van der Waals surface area contributed by atoms with Crippen LogP contribution < -0.4 is 15.5 Å². The molecule has 0 aliphatic carbocycles. The van der Waals surface area contributed by atoms with Gasteiger partial charge in [-0.2, -0.15) is 5.10 Å². The highest BCUT2D eigenvalue weighted by Gasteiger charge is 2.00. The molecule has 0 spiro atoms. The van der Waals surface area contributed by atoms with E-state index in [1.807, 2.05) is 24.3 Å². The van der Waals surface area contributed by atoms with Gasteiger partial charge in [-0.05, 0) is 29.8 Å². The van der Waals surface area contributed by atoms with Crippen LogP contribution in [0.1, 0.15) is 5.56 Å². The lowest BCUT2D eigenvalue weighted by Crippen LogP contribution is -2.25. The summed E-state index contributed by atoms with van der Waals surface area (Å²) in [5.74, 6) is 0.499. The van der Waals surface area contributed by atoms with Crippen molar-refractivity contribution in [2.45, 2.75) is 0 Å². The smallest absolute Gasteiger partial charge is 0.259 e. The molecule has 0 aliphatic rings. The molecule has 6 nitrogen and oxygen atoms in total. The number of carbonyl (C=O) groups excluding carboxylic acids is 1. The summed E-state index contributed by atoms with van der Waals surface area (Å²) in [6, 6.07) is 10.9. The van der Waals surface area contributed by atoms with Crippen molar-refractivity contribution in [1.82, 2.24) is 10.4 Å². The van der Waals surface area contributed by atoms with Gasteiger partial charge in [0, 0.05) is 24.1 Å². The van der Waals surface area contributed by atoms with E-state index in [-0.39, 0.29) is 12.5 Å². The van der Waals surface area contributed by atoms with Crippen molar-refractivity contribution in [3.8, 4) is 5.75 Å². The Morgan fingerprint density at radius 1 is 1.33 bits per heavy atom. The second-order valence-electron chi connectivity index (χ2n) is 4.16. The van der Waals surface area contributed by atoms with Gasteiger partial charge in [0.05, 0.1) is 19.9 Å². The molecule has 0 saturated heterocycles. The van der Waals surface area contributed by atoms with Crippen LogP contribution in [0, 0.1) is 0 Å². The van der Waals surface area contributed by atoms with Crippen LogP contribution in [-0.2, 0) is 4.79 Å². The topological polar surface area (TPSA) is 75.6 Å². The highest BCUT2D eigenvalue weighted by atomic mass is 16.5. The largest absolute Gasteiger partial charge is 0.497 e.